The van der Waals surface area contributed by atoms with E-state index in [0.717, 1.165) is 22.5 Å². The number of anilines is 2. The molecular weight excluding hydrogens is 322 g/mol. The summed E-state index contributed by atoms with van der Waals surface area (Å²) in [4.78, 5) is 14.5. The van der Waals surface area contributed by atoms with Gasteiger partial charge in [-0.25, -0.2) is 0 Å². The van der Waals surface area contributed by atoms with Crippen molar-refractivity contribution < 1.29 is 4.79 Å². The smallest absolute Gasteiger partial charge is 0.267 e. The molecule has 0 unspecified atom stereocenters. The zero-order chi connectivity index (χ0) is 19.1. The molecule has 0 saturated heterocycles. The summed E-state index contributed by atoms with van der Waals surface area (Å²) in [5.74, 6) is -0.118. The SMILES string of the molecule is CCN(/C=C(/C#N)C(=O)Nc1ccccc1C(C)C)c1cccc(C)c1. The molecule has 134 valence electrons. The van der Waals surface area contributed by atoms with Gasteiger partial charge in [-0.2, -0.15) is 5.26 Å². The number of carbonyl (C=O) groups excluding carboxylic acids is 1. The van der Waals surface area contributed by atoms with Crippen molar-refractivity contribution >= 4 is 17.3 Å². The lowest BCUT2D eigenvalue weighted by Gasteiger charge is -2.20. The summed E-state index contributed by atoms with van der Waals surface area (Å²) in [6, 6.07) is 17.7. The van der Waals surface area contributed by atoms with Crippen molar-refractivity contribution in [3.05, 3.63) is 71.4 Å². The fraction of sp³-hybridized carbons (Fsp3) is 0.273. The molecule has 0 aliphatic rings. The van der Waals surface area contributed by atoms with Gasteiger partial charge in [0.05, 0.1) is 0 Å². The predicted molar refractivity (Wildman–Crippen MR) is 107 cm³/mol. The molecule has 0 aromatic heterocycles. The summed E-state index contributed by atoms with van der Waals surface area (Å²) < 4.78 is 0. The first-order valence-electron chi connectivity index (χ1n) is 8.81. The van der Waals surface area contributed by atoms with Crippen molar-refractivity contribution in [3.63, 3.8) is 0 Å². The summed E-state index contributed by atoms with van der Waals surface area (Å²) in [6.07, 6.45) is 1.61. The van der Waals surface area contributed by atoms with Crippen molar-refractivity contribution in [2.75, 3.05) is 16.8 Å². The molecule has 0 fully saturated rings. The van der Waals surface area contributed by atoms with Gasteiger partial charge in [0.15, 0.2) is 0 Å². The van der Waals surface area contributed by atoms with Gasteiger partial charge in [0.2, 0.25) is 0 Å². The summed E-state index contributed by atoms with van der Waals surface area (Å²) in [5.41, 5.74) is 3.95. The highest BCUT2D eigenvalue weighted by molar-refractivity contribution is 6.07. The zero-order valence-electron chi connectivity index (χ0n) is 15.8. The van der Waals surface area contributed by atoms with Crippen LogP contribution in [0.1, 0.15) is 37.8 Å². The van der Waals surface area contributed by atoms with Crippen LogP contribution in [0.3, 0.4) is 0 Å². The first-order chi connectivity index (χ1) is 12.5. The minimum Gasteiger partial charge on any atom is -0.347 e. The molecule has 0 aliphatic heterocycles. The molecule has 2 rings (SSSR count). The minimum absolute atomic E-state index is 0.0758. The number of para-hydroxylation sites is 1. The van der Waals surface area contributed by atoms with Crippen molar-refractivity contribution in [2.45, 2.75) is 33.6 Å². The Morgan fingerprint density at radius 3 is 2.58 bits per heavy atom. The lowest BCUT2D eigenvalue weighted by Crippen LogP contribution is -2.21. The minimum atomic E-state index is -0.397. The van der Waals surface area contributed by atoms with E-state index in [1.54, 1.807) is 6.20 Å². The second-order valence-corrected chi connectivity index (χ2v) is 6.48. The number of nitrogens with zero attached hydrogens (tertiary/aromatic N) is 2. The predicted octanol–water partition coefficient (Wildman–Crippen LogP) is 4.99. The van der Waals surface area contributed by atoms with Gasteiger partial charge in [-0.3, -0.25) is 4.79 Å². The second-order valence-electron chi connectivity index (χ2n) is 6.48. The third-order valence-corrected chi connectivity index (χ3v) is 4.16. The fourth-order valence-electron chi connectivity index (χ4n) is 2.75. The van der Waals surface area contributed by atoms with E-state index in [2.05, 4.69) is 19.2 Å². The van der Waals surface area contributed by atoms with E-state index in [1.807, 2.05) is 73.3 Å². The highest BCUT2D eigenvalue weighted by Crippen LogP contribution is 2.24. The van der Waals surface area contributed by atoms with Gasteiger partial charge in [-0.05, 0) is 49.1 Å². The van der Waals surface area contributed by atoms with Gasteiger partial charge < -0.3 is 10.2 Å². The van der Waals surface area contributed by atoms with Crippen LogP contribution in [0.2, 0.25) is 0 Å². The number of hydrogen-bond donors (Lipinski definition) is 1. The molecule has 4 heteroatoms. The third-order valence-electron chi connectivity index (χ3n) is 4.16. The molecule has 0 radical (unpaired) electrons. The third kappa shape index (κ3) is 4.73. The maximum atomic E-state index is 12.6. The van der Waals surface area contributed by atoms with Gasteiger partial charge in [0, 0.05) is 24.1 Å². The molecule has 2 aromatic carbocycles. The van der Waals surface area contributed by atoms with Crippen LogP contribution < -0.4 is 10.2 Å². The average Bonchev–Trinajstić information content (AvgIpc) is 2.63. The van der Waals surface area contributed by atoms with Gasteiger partial charge in [-0.15, -0.1) is 0 Å². The molecule has 0 bridgehead atoms. The van der Waals surface area contributed by atoms with Gasteiger partial charge >= 0.3 is 0 Å². The Hall–Kier alpha value is -3.06. The molecule has 0 aliphatic carbocycles. The molecule has 1 N–H and O–H groups in total. The Labute approximate surface area is 155 Å². The number of nitrogens with one attached hydrogen (secondary N) is 1. The van der Waals surface area contributed by atoms with Crippen molar-refractivity contribution in [3.8, 4) is 6.07 Å². The van der Waals surface area contributed by atoms with Crippen LogP contribution in [0.5, 0.6) is 0 Å². The van der Waals surface area contributed by atoms with E-state index >= 15 is 0 Å². The van der Waals surface area contributed by atoms with E-state index in [0.29, 0.717) is 6.54 Å². The Kier molecular flexibility index (Phi) is 6.57. The fourth-order valence-corrected chi connectivity index (χ4v) is 2.75. The van der Waals surface area contributed by atoms with E-state index in [1.165, 1.54) is 0 Å². The molecular formula is C22H25N3O. The Balaban J connectivity index is 2.28. The molecule has 2 aromatic rings. The van der Waals surface area contributed by atoms with Crippen molar-refractivity contribution in [1.82, 2.24) is 0 Å². The van der Waals surface area contributed by atoms with Crippen LogP contribution in [0.15, 0.2) is 60.3 Å². The van der Waals surface area contributed by atoms with E-state index in [-0.39, 0.29) is 11.5 Å². The van der Waals surface area contributed by atoms with Crippen LogP contribution in [0.25, 0.3) is 0 Å². The van der Waals surface area contributed by atoms with Gasteiger partial charge in [-0.1, -0.05) is 44.2 Å². The Morgan fingerprint density at radius 1 is 1.23 bits per heavy atom. The Morgan fingerprint density at radius 2 is 1.96 bits per heavy atom. The number of benzene rings is 2. The van der Waals surface area contributed by atoms with Crippen LogP contribution in [0.4, 0.5) is 11.4 Å². The number of nitriles is 1. The normalized spacial score (nSPS) is 11.2. The molecule has 0 atom stereocenters. The first-order valence-corrected chi connectivity index (χ1v) is 8.81. The lowest BCUT2D eigenvalue weighted by atomic mass is 10.0. The molecule has 4 nitrogen and oxygen atoms in total. The monoisotopic (exact) mass is 347 g/mol. The van der Waals surface area contributed by atoms with Gasteiger partial charge in [0.25, 0.3) is 5.91 Å². The molecule has 0 spiro atoms. The van der Waals surface area contributed by atoms with E-state index < -0.39 is 5.91 Å². The van der Waals surface area contributed by atoms with Gasteiger partial charge in [0.1, 0.15) is 11.6 Å². The van der Waals surface area contributed by atoms with Crippen LogP contribution in [-0.2, 0) is 4.79 Å². The highest BCUT2D eigenvalue weighted by atomic mass is 16.1. The van der Waals surface area contributed by atoms with Crippen LogP contribution in [0, 0.1) is 18.3 Å². The number of rotatable bonds is 6. The lowest BCUT2D eigenvalue weighted by molar-refractivity contribution is -0.112. The first kappa shape index (κ1) is 19.3. The summed E-state index contributed by atoms with van der Waals surface area (Å²) in [6.45, 7) is 8.80. The Bertz CT molecular complexity index is 846. The molecule has 26 heavy (non-hydrogen) atoms. The number of amides is 1. The quantitative estimate of drug-likeness (QED) is 0.591. The van der Waals surface area contributed by atoms with Crippen LogP contribution in [-0.4, -0.2) is 12.5 Å². The van der Waals surface area contributed by atoms with Crippen molar-refractivity contribution in [1.29, 1.82) is 5.26 Å². The second kappa shape index (κ2) is 8.87. The zero-order valence-corrected chi connectivity index (χ0v) is 15.8. The van der Waals surface area contributed by atoms with E-state index in [9.17, 15) is 10.1 Å². The van der Waals surface area contributed by atoms with Crippen LogP contribution >= 0.6 is 0 Å². The molecule has 0 saturated carbocycles. The molecule has 0 heterocycles. The number of aryl methyl sites for hydroxylation is 1. The summed E-state index contributed by atoms with van der Waals surface area (Å²) >= 11 is 0. The average molecular weight is 347 g/mol. The van der Waals surface area contributed by atoms with Crippen molar-refractivity contribution in [2.24, 2.45) is 0 Å². The largest absolute Gasteiger partial charge is 0.347 e. The highest BCUT2D eigenvalue weighted by Gasteiger charge is 2.14. The molecule has 1 amide bonds. The maximum Gasteiger partial charge on any atom is 0.267 e. The number of hydrogen-bond acceptors (Lipinski definition) is 3. The van der Waals surface area contributed by atoms with E-state index in [4.69, 9.17) is 0 Å². The standard InChI is InChI=1S/C22H25N3O/c1-5-25(19-10-8-9-17(4)13-19)15-18(14-23)22(26)24-21-12-7-6-11-20(21)16(2)3/h6-13,15-16H,5H2,1-4H3,(H,24,26)/b18-15-. The topological polar surface area (TPSA) is 56.1 Å². The maximum absolute atomic E-state index is 12.6. The number of carbonyl (C=O) groups is 1. The summed E-state index contributed by atoms with van der Waals surface area (Å²) in [5, 5.41) is 12.4. The summed E-state index contributed by atoms with van der Waals surface area (Å²) in [7, 11) is 0.